The summed E-state index contributed by atoms with van der Waals surface area (Å²) in [5, 5.41) is 0. The van der Waals surface area contributed by atoms with Crippen LogP contribution in [-0.4, -0.2) is 37.2 Å². The van der Waals surface area contributed by atoms with Gasteiger partial charge in [-0.15, -0.1) is 0 Å². The number of unbranched alkanes of at least 4 members (excludes halogenated alkanes) is 15. The van der Waals surface area contributed by atoms with Crippen LogP contribution in [0.5, 0.6) is 0 Å². The van der Waals surface area contributed by atoms with E-state index in [0.717, 1.165) is 96.3 Å². The molecule has 58 heavy (non-hydrogen) atoms. The van der Waals surface area contributed by atoms with Crippen LogP contribution in [0.4, 0.5) is 0 Å². The van der Waals surface area contributed by atoms with Crippen LogP contribution in [0, 0.1) is 0 Å². The van der Waals surface area contributed by atoms with Gasteiger partial charge in [-0.1, -0.05) is 194 Å². The highest BCUT2D eigenvalue weighted by molar-refractivity contribution is 5.72. The van der Waals surface area contributed by atoms with Crippen molar-refractivity contribution < 1.29 is 28.6 Å². The van der Waals surface area contributed by atoms with Gasteiger partial charge in [0.2, 0.25) is 0 Å². The molecule has 1 unspecified atom stereocenters. The molecule has 0 radical (unpaired) electrons. The lowest BCUT2D eigenvalue weighted by Gasteiger charge is -2.18. The van der Waals surface area contributed by atoms with Gasteiger partial charge in [0, 0.05) is 12.8 Å². The Kier molecular flexibility index (Phi) is 42.7. The first kappa shape index (κ1) is 54.1. The molecule has 0 amide bonds. The Morgan fingerprint density at radius 1 is 0.397 bits per heavy atom. The van der Waals surface area contributed by atoms with Gasteiger partial charge in [0.15, 0.2) is 6.10 Å². The Hall–Kier alpha value is -3.93. The molecule has 0 heterocycles. The molecule has 0 aromatic rings. The van der Waals surface area contributed by atoms with E-state index >= 15 is 0 Å². The molecule has 0 aliphatic heterocycles. The smallest absolute Gasteiger partial charge is 0.309 e. The van der Waals surface area contributed by atoms with Gasteiger partial charge in [0.25, 0.3) is 0 Å². The van der Waals surface area contributed by atoms with E-state index in [9.17, 15) is 14.4 Å². The van der Waals surface area contributed by atoms with Crippen LogP contribution in [0.3, 0.4) is 0 Å². The summed E-state index contributed by atoms with van der Waals surface area (Å²) < 4.78 is 16.5. The third-order valence-corrected chi connectivity index (χ3v) is 9.15. The van der Waals surface area contributed by atoms with E-state index in [0.29, 0.717) is 6.42 Å². The summed E-state index contributed by atoms with van der Waals surface area (Å²) in [4.78, 5) is 37.7. The third kappa shape index (κ3) is 43.2. The zero-order valence-electron chi connectivity index (χ0n) is 37.0. The molecule has 0 fully saturated rings. The van der Waals surface area contributed by atoms with Crippen molar-refractivity contribution in [2.24, 2.45) is 0 Å². The summed E-state index contributed by atoms with van der Waals surface area (Å²) in [5.74, 6) is -1.12. The highest BCUT2D eigenvalue weighted by Crippen LogP contribution is 2.12. The summed E-state index contributed by atoms with van der Waals surface area (Å²) >= 11 is 0. The third-order valence-electron chi connectivity index (χ3n) is 9.15. The van der Waals surface area contributed by atoms with Crippen LogP contribution in [0.25, 0.3) is 0 Å². The molecule has 0 aliphatic carbocycles. The number of ether oxygens (including phenoxy) is 3. The van der Waals surface area contributed by atoms with E-state index in [1.54, 1.807) is 6.08 Å². The molecule has 0 bridgehead atoms. The van der Waals surface area contributed by atoms with Crippen LogP contribution in [-0.2, 0) is 28.6 Å². The molecule has 0 rings (SSSR count). The van der Waals surface area contributed by atoms with Crippen molar-refractivity contribution in [1.29, 1.82) is 0 Å². The Labute approximate surface area is 355 Å². The van der Waals surface area contributed by atoms with E-state index in [-0.39, 0.29) is 38.0 Å². The van der Waals surface area contributed by atoms with Crippen LogP contribution < -0.4 is 0 Å². The van der Waals surface area contributed by atoms with Crippen molar-refractivity contribution in [3.8, 4) is 0 Å². The number of esters is 3. The molecule has 6 heteroatoms. The molecular weight excluding hydrogens is 721 g/mol. The maximum absolute atomic E-state index is 12.7. The maximum Gasteiger partial charge on any atom is 0.309 e. The summed E-state index contributed by atoms with van der Waals surface area (Å²) in [6, 6.07) is 0. The molecule has 0 aromatic carbocycles. The van der Waals surface area contributed by atoms with Crippen molar-refractivity contribution in [2.75, 3.05) is 13.2 Å². The number of carbonyl (C=O) groups excluding carboxylic acids is 3. The number of allylic oxidation sites excluding steroid dienone is 17. The van der Waals surface area contributed by atoms with Gasteiger partial charge >= 0.3 is 17.9 Å². The Balaban J connectivity index is 4.53. The predicted molar refractivity (Wildman–Crippen MR) is 247 cm³/mol. The molecule has 0 saturated carbocycles. The van der Waals surface area contributed by atoms with Crippen molar-refractivity contribution in [3.63, 3.8) is 0 Å². The SMILES string of the molecule is CC\C=C/C=C\C=C/C=C\CCCCCCCC(=O)OC(COC(=O)C/C=C\C/C=C\C/C=C\CC)COC(=O)CCCCC/C=C\C=C/CCCCCCCCC. The van der Waals surface area contributed by atoms with E-state index in [1.807, 2.05) is 30.4 Å². The fraction of sp³-hybridized carbons (Fsp3) is 0.596. The highest BCUT2D eigenvalue weighted by atomic mass is 16.6. The zero-order valence-corrected chi connectivity index (χ0v) is 37.0. The van der Waals surface area contributed by atoms with Crippen LogP contribution >= 0.6 is 0 Å². The summed E-state index contributed by atoms with van der Waals surface area (Å²) in [7, 11) is 0. The number of rotatable bonds is 39. The number of carbonyl (C=O) groups is 3. The quantitative estimate of drug-likeness (QED) is 0.0202. The molecule has 0 saturated heterocycles. The first-order valence-electron chi connectivity index (χ1n) is 23.0. The van der Waals surface area contributed by atoms with Crippen molar-refractivity contribution in [2.45, 2.75) is 187 Å². The highest BCUT2D eigenvalue weighted by Gasteiger charge is 2.19. The Bertz CT molecular complexity index is 1240. The molecule has 0 N–H and O–H groups in total. The minimum Gasteiger partial charge on any atom is -0.462 e. The first-order valence-corrected chi connectivity index (χ1v) is 23.0. The van der Waals surface area contributed by atoms with Gasteiger partial charge < -0.3 is 14.2 Å². The second-order valence-corrected chi connectivity index (χ2v) is 14.7. The predicted octanol–water partition coefficient (Wildman–Crippen LogP) is 14.8. The molecule has 1 atom stereocenters. The molecule has 6 nitrogen and oxygen atoms in total. The number of hydrogen-bond donors (Lipinski definition) is 0. The Morgan fingerprint density at radius 2 is 0.810 bits per heavy atom. The molecule has 326 valence electrons. The van der Waals surface area contributed by atoms with Gasteiger partial charge in [-0.05, 0) is 77.0 Å². The van der Waals surface area contributed by atoms with Gasteiger partial charge in [-0.2, -0.15) is 0 Å². The zero-order chi connectivity index (χ0) is 42.3. The normalized spacial score (nSPS) is 13.1. The Morgan fingerprint density at radius 3 is 1.38 bits per heavy atom. The lowest BCUT2D eigenvalue weighted by molar-refractivity contribution is -0.166. The van der Waals surface area contributed by atoms with E-state index in [4.69, 9.17) is 14.2 Å². The standard InChI is InChI=1S/C52H82O6/c1-4-7-10-13-16-19-21-23-25-27-28-30-33-36-39-42-45-51(54)57-48-49(47-56-50(53)44-41-38-35-32-18-15-12-9-6-3)58-52(55)46-43-40-37-34-31-29-26-24-22-20-17-14-11-8-5-2/h8-9,11-12,14,17-18,20,22,24-28,30,32,38,41,49H,4-7,10,13,15-16,19,21,23,29,31,33-37,39-40,42-48H2,1-3H3/b11-8-,12-9-,17-14-,22-20-,26-24-,27-25-,30-28-,32-18-,41-38-. The van der Waals surface area contributed by atoms with Gasteiger partial charge in [-0.3, -0.25) is 14.4 Å². The average molecular weight is 803 g/mol. The molecule has 0 spiro atoms. The summed E-state index contributed by atoms with van der Waals surface area (Å²) in [6.45, 7) is 6.20. The van der Waals surface area contributed by atoms with Gasteiger partial charge in [0.1, 0.15) is 13.2 Å². The van der Waals surface area contributed by atoms with Gasteiger partial charge in [0.05, 0.1) is 6.42 Å². The summed E-state index contributed by atoms with van der Waals surface area (Å²) in [5.41, 5.74) is 0. The lowest BCUT2D eigenvalue weighted by atomic mass is 10.1. The van der Waals surface area contributed by atoms with E-state index < -0.39 is 12.1 Å². The van der Waals surface area contributed by atoms with Crippen LogP contribution in [0.15, 0.2) is 109 Å². The minimum absolute atomic E-state index is 0.121. The molecule has 0 aromatic heterocycles. The van der Waals surface area contributed by atoms with Crippen LogP contribution in [0.2, 0.25) is 0 Å². The fourth-order valence-electron chi connectivity index (χ4n) is 5.74. The largest absolute Gasteiger partial charge is 0.462 e. The summed E-state index contributed by atoms with van der Waals surface area (Å²) in [6.07, 6.45) is 61.1. The fourth-order valence-corrected chi connectivity index (χ4v) is 5.74. The molecule has 0 aliphatic rings. The second kappa shape index (κ2) is 45.8. The van der Waals surface area contributed by atoms with Gasteiger partial charge in [-0.25, -0.2) is 0 Å². The molecular formula is C52H82O6. The minimum atomic E-state index is -0.836. The number of hydrogen-bond acceptors (Lipinski definition) is 6. The van der Waals surface area contributed by atoms with Crippen LogP contribution in [0.1, 0.15) is 181 Å². The average Bonchev–Trinajstić information content (AvgIpc) is 3.22. The lowest BCUT2D eigenvalue weighted by Crippen LogP contribution is -2.30. The van der Waals surface area contributed by atoms with Crippen molar-refractivity contribution in [1.82, 2.24) is 0 Å². The second-order valence-electron chi connectivity index (χ2n) is 14.7. The topological polar surface area (TPSA) is 78.9 Å². The first-order chi connectivity index (χ1) is 28.5. The van der Waals surface area contributed by atoms with Crippen molar-refractivity contribution in [3.05, 3.63) is 109 Å². The maximum atomic E-state index is 12.7. The van der Waals surface area contributed by atoms with E-state index in [2.05, 4.69) is 93.7 Å². The van der Waals surface area contributed by atoms with Crippen molar-refractivity contribution >= 4 is 17.9 Å². The monoisotopic (exact) mass is 803 g/mol. The van der Waals surface area contributed by atoms with E-state index in [1.165, 1.54) is 44.9 Å².